The molecular weight excluding hydrogens is 238 g/mol. The summed E-state index contributed by atoms with van der Waals surface area (Å²) in [6.07, 6.45) is 0. The summed E-state index contributed by atoms with van der Waals surface area (Å²) in [5.41, 5.74) is 0.392. The Labute approximate surface area is 114 Å². The minimum absolute atomic E-state index is 0.592. The molecule has 0 aliphatic carbocycles. The van der Waals surface area contributed by atoms with Crippen molar-refractivity contribution in [1.29, 1.82) is 0 Å². The molecule has 0 unspecified atom stereocenters. The summed E-state index contributed by atoms with van der Waals surface area (Å²) in [6, 6.07) is 12.3. The van der Waals surface area contributed by atoms with E-state index in [-0.39, 0.29) is 0 Å². The van der Waals surface area contributed by atoms with Gasteiger partial charge in [-0.05, 0) is 48.9 Å². The van der Waals surface area contributed by atoms with Gasteiger partial charge in [-0.25, -0.2) is 0 Å². The van der Waals surface area contributed by atoms with E-state index in [2.05, 4.69) is 29.2 Å². The van der Waals surface area contributed by atoms with E-state index < -0.39 is 5.60 Å². The molecule has 0 amide bonds. The van der Waals surface area contributed by atoms with Gasteiger partial charge < -0.3 is 14.7 Å². The molecule has 2 aromatic rings. The molecule has 0 fully saturated rings. The number of hydrogen-bond donors (Lipinski definition) is 1. The normalized spacial score (nSPS) is 11.6. The Morgan fingerprint density at radius 1 is 1.11 bits per heavy atom. The maximum atomic E-state index is 9.87. The molecule has 0 aromatic heterocycles. The molecule has 0 atom stereocenters. The Morgan fingerprint density at radius 3 is 2.37 bits per heavy atom. The maximum absolute atomic E-state index is 9.87. The highest BCUT2D eigenvalue weighted by Crippen LogP contribution is 2.25. The van der Waals surface area contributed by atoms with Crippen LogP contribution < -0.4 is 9.64 Å². The second-order valence-corrected chi connectivity index (χ2v) is 5.57. The van der Waals surface area contributed by atoms with Gasteiger partial charge in [0.1, 0.15) is 5.75 Å². The second-order valence-electron chi connectivity index (χ2n) is 5.57. The fraction of sp³-hybridized carbons (Fsp3) is 0.375. The predicted molar refractivity (Wildman–Crippen MR) is 80.1 cm³/mol. The van der Waals surface area contributed by atoms with E-state index in [4.69, 9.17) is 4.74 Å². The molecule has 0 bridgehead atoms. The lowest BCUT2D eigenvalue weighted by Crippen LogP contribution is -2.36. The predicted octanol–water partition coefficient (Wildman–Crippen LogP) is 3.06. The van der Waals surface area contributed by atoms with Crippen LogP contribution in [-0.2, 0) is 0 Å². The molecule has 2 aromatic carbocycles. The van der Waals surface area contributed by atoms with E-state index >= 15 is 0 Å². The van der Waals surface area contributed by atoms with Crippen molar-refractivity contribution in [3.8, 4) is 5.75 Å². The molecule has 102 valence electrons. The van der Waals surface area contributed by atoms with Crippen LogP contribution in [0.2, 0.25) is 0 Å². The standard InChI is InChI=1S/C16H21NO2/c1-16(2,18)11-17(3)14-7-5-13-10-15(19-4)8-6-12(13)9-14/h5-10,18H,11H2,1-4H3. The molecule has 0 heterocycles. The van der Waals surface area contributed by atoms with Crippen molar-refractivity contribution in [2.24, 2.45) is 0 Å². The Balaban J connectivity index is 2.31. The summed E-state index contributed by atoms with van der Waals surface area (Å²) in [6.45, 7) is 4.22. The molecule has 0 spiro atoms. The molecule has 0 saturated heterocycles. The molecule has 0 aliphatic heterocycles. The third-order valence-electron chi connectivity index (χ3n) is 3.10. The van der Waals surface area contributed by atoms with Crippen LogP contribution in [0.5, 0.6) is 5.75 Å². The number of benzene rings is 2. The summed E-state index contributed by atoms with van der Waals surface area (Å²) < 4.78 is 5.22. The number of aliphatic hydroxyl groups is 1. The van der Waals surface area contributed by atoms with Crippen LogP contribution in [0.1, 0.15) is 13.8 Å². The first-order valence-corrected chi connectivity index (χ1v) is 6.40. The van der Waals surface area contributed by atoms with Crippen LogP contribution in [-0.4, -0.2) is 31.4 Å². The first-order chi connectivity index (χ1) is 8.89. The third-order valence-corrected chi connectivity index (χ3v) is 3.10. The molecule has 0 radical (unpaired) electrons. The van der Waals surface area contributed by atoms with Gasteiger partial charge in [0.05, 0.1) is 12.7 Å². The van der Waals surface area contributed by atoms with Gasteiger partial charge in [0, 0.05) is 19.3 Å². The van der Waals surface area contributed by atoms with E-state index in [0.717, 1.165) is 16.8 Å². The molecule has 1 N–H and O–H groups in total. The number of hydrogen-bond acceptors (Lipinski definition) is 3. The van der Waals surface area contributed by atoms with Gasteiger partial charge in [0.25, 0.3) is 0 Å². The van der Waals surface area contributed by atoms with Crippen LogP contribution in [0.25, 0.3) is 10.8 Å². The Morgan fingerprint density at radius 2 is 1.74 bits per heavy atom. The van der Waals surface area contributed by atoms with Gasteiger partial charge in [0.2, 0.25) is 0 Å². The average Bonchev–Trinajstić information content (AvgIpc) is 2.35. The molecule has 3 heteroatoms. The van der Waals surface area contributed by atoms with Crippen molar-refractivity contribution in [3.05, 3.63) is 36.4 Å². The van der Waals surface area contributed by atoms with E-state index in [9.17, 15) is 5.11 Å². The molecule has 2 rings (SSSR count). The summed E-state index contributed by atoms with van der Waals surface area (Å²) in [4.78, 5) is 2.06. The van der Waals surface area contributed by atoms with E-state index in [1.165, 1.54) is 5.39 Å². The molecule has 19 heavy (non-hydrogen) atoms. The van der Waals surface area contributed by atoms with Crippen LogP contribution in [0.15, 0.2) is 36.4 Å². The lowest BCUT2D eigenvalue weighted by atomic mass is 10.1. The smallest absolute Gasteiger partial charge is 0.119 e. The SMILES string of the molecule is COc1ccc2cc(N(C)CC(C)(C)O)ccc2c1. The number of likely N-dealkylation sites (N-methyl/N-ethyl adjacent to an activating group) is 1. The highest BCUT2D eigenvalue weighted by atomic mass is 16.5. The van der Waals surface area contributed by atoms with Crippen molar-refractivity contribution >= 4 is 16.5 Å². The van der Waals surface area contributed by atoms with Crippen molar-refractivity contribution in [2.75, 3.05) is 25.6 Å². The molecule has 3 nitrogen and oxygen atoms in total. The Kier molecular flexibility index (Phi) is 3.67. The average molecular weight is 259 g/mol. The lowest BCUT2D eigenvalue weighted by Gasteiger charge is -2.27. The summed E-state index contributed by atoms with van der Waals surface area (Å²) >= 11 is 0. The van der Waals surface area contributed by atoms with E-state index in [1.54, 1.807) is 7.11 Å². The second kappa shape index (κ2) is 5.10. The largest absolute Gasteiger partial charge is 0.497 e. The first kappa shape index (κ1) is 13.7. The lowest BCUT2D eigenvalue weighted by molar-refractivity contribution is 0.0886. The minimum Gasteiger partial charge on any atom is -0.497 e. The van der Waals surface area contributed by atoms with Gasteiger partial charge in [-0.3, -0.25) is 0 Å². The molecular formula is C16H21NO2. The number of nitrogens with zero attached hydrogens (tertiary/aromatic N) is 1. The number of fused-ring (bicyclic) bond motifs is 1. The highest BCUT2D eigenvalue weighted by molar-refractivity contribution is 5.87. The van der Waals surface area contributed by atoms with Crippen LogP contribution >= 0.6 is 0 Å². The van der Waals surface area contributed by atoms with Crippen LogP contribution in [0, 0.1) is 0 Å². The zero-order valence-corrected chi connectivity index (χ0v) is 12.0. The van der Waals surface area contributed by atoms with Crippen molar-refractivity contribution in [1.82, 2.24) is 0 Å². The molecule has 0 aliphatic rings. The summed E-state index contributed by atoms with van der Waals surface area (Å²) in [5.74, 6) is 0.866. The van der Waals surface area contributed by atoms with E-state index in [1.807, 2.05) is 33.0 Å². The van der Waals surface area contributed by atoms with Gasteiger partial charge in [-0.15, -0.1) is 0 Å². The third kappa shape index (κ3) is 3.38. The van der Waals surface area contributed by atoms with Crippen molar-refractivity contribution in [2.45, 2.75) is 19.4 Å². The van der Waals surface area contributed by atoms with Gasteiger partial charge in [0.15, 0.2) is 0 Å². The zero-order chi connectivity index (χ0) is 14.0. The summed E-state index contributed by atoms with van der Waals surface area (Å²) in [5, 5.41) is 12.2. The van der Waals surface area contributed by atoms with Crippen LogP contribution in [0.3, 0.4) is 0 Å². The Bertz CT molecular complexity index is 572. The number of ether oxygens (including phenoxy) is 1. The van der Waals surface area contributed by atoms with Gasteiger partial charge >= 0.3 is 0 Å². The topological polar surface area (TPSA) is 32.7 Å². The minimum atomic E-state index is -0.705. The fourth-order valence-corrected chi connectivity index (χ4v) is 2.25. The first-order valence-electron chi connectivity index (χ1n) is 6.40. The maximum Gasteiger partial charge on any atom is 0.119 e. The van der Waals surface area contributed by atoms with Gasteiger partial charge in [-0.2, -0.15) is 0 Å². The quantitative estimate of drug-likeness (QED) is 0.916. The Hall–Kier alpha value is -1.74. The monoisotopic (exact) mass is 259 g/mol. The number of anilines is 1. The van der Waals surface area contributed by atoms with E-state index in [0.29, 0.717) is 6.54 Å². The van der Waals surface area contributed by atoms with Crippen molar-refractivity contribution in [3.63, 3.8) is 0 Å². The van der Waals surface area contributed by atoms with Gasteiger partial charge in [-0.1, -0.05) is 12.1 Å². The van der Waals surface area contributed by atoms with Crippen LogP contribution in [0.4, 0.5) is 5.69 Å². The number of methoxy groups -OCH3 is 1. The van der Waals surface area contributed by atoms with Crippen molar-refractivity contribution < 1.29 is 9.84 Å². The highest BCUT2D eigenvalue weighted by Gasteiger charge is 2.16. The number of rotatable bonds is 4. The fourth-order valence-electron chi connectivity index (χ4n) is 2.25. The molecule has 0 saturated carbocycles. The zero-order valence-electron chi connectivity index (χ0n) is 12.0. The summed E-state index contributed by atoms with van der Waals surface area (Å²) in [7, 11) is 3.66.